The van der Waals surface area contributed by atoms with E-state index in [-0.39, 0.29) is 5.91 Å². The summed E-state index contributed by atoms with van der Waals surface area (Å²) in [6, 6.07) is 15.5. The fourth-order valence-electron chi connectivity index (χ4n) is 2.66. The van der Waals surface area contributed by atoms with E-state index in [2.05, 4.69) is 51.9 Å². The van der Waals surface area contributed by atoms with Crippen molar-refractivity contribution in [2.45, 2.75) is 27.7 Å². The second-order valence-electron chi connectivity index (χ2n) is 6.53. The number of aromatic nitrogens is 2. The Morgan fingerprint density at radius 2 is 1.56 bits per heavy atom. The molecule has 0 aliphatic rings. The third-order valence-electron chi connectivity index (χ3n) is 4.07. The summed E-state index contributed by atoms with van der Waals surface area (Å²) < 4.78 is 0. The molecular weight excluding hydrogens is 338 g/mol. The van der Waals surface area contributed by atoms with Gasteiger partial charge >= 0.3 is 0 Å². The number of nitrogens with one attached hydrogen (secondary N) is 3. The number of anilines is 5. The number of aryl methyl sites for hydroxylation is 3. The highest BCUT2D eigenvalue weighted by Gasteiger charge is 2.05. The smallest absolute Gasteiger partial charge is 0.229 e. The lowest BCUT2D eigenvalue weighted by atomic mass is 10.1. The number of amides is 1. The zero-order valence-electron chi connectivity index (χ0n) is 15.9. The Morgan fingerprint density at radius 3 is 2.30 bits per heavy atom. The first-order valence-corrected chi connectivity index (χ1v) is 8.74. The summed E-state index contributed by atoms with van der Waals surface area (Å²) in [7, 11) is 0. The van der Waals surface area contributed by atoms with Crippen molar-refractivity contribution in [3.63, 3.8) is 0 Å². The lowest BCUT2D eigenvalue weighted by Crippen LogP contribution is -2.06. The van der Waals surface area contributed by atoms with Gasteiger partial charge in [0.15, 0.2) is 0 Å². The van der Waals surface area contributed by atoms with Crippen molar-refractivity contribution in [3.05, 3.63) is 65.4 Å². The summed E-state index contributed by atoms with van der Waals surface area (Å²) in [6.07, 6.45) is 0. The minimum atomic E-state index is -0.107. The molecule has 27 heavy (non-hydrogen) atoms. The van der Waals surface area contributed by atoms with E-state index in [9.17, 15) is 4.79 Å². The highest BCUT2D eigenvalue weighted by Crippen LogP contribution is 2.22. The Hall–Kier alpha value is -3.41. The van der Waals surface area contributed by atoms with E-state index < -0.39 is 0 Å². The number of carbonyl (C=O) groups is 1. The van der Waals surface area contributed by atoms with Crippen LogP contribution in [0.25, 0.3) is 0 Å². The molecule has 0 bridgehead atoms. The van der Waals surface area contributed by atoms with E-state index in [1.54, 1.807) is 0 Å². The van der Waals surface area contributed by atoms with Gasteiger partial charge in [-0.3, -0.25) is 4.79 Å². The molecule has 3 aromatic rings. The standard InChI is InChI=1S/C21H23N5O/c1-13-8-9-19(10-14(13)2)25-21-22-15(3)11-20(26-21)24-18-7-5-6-17(12-18)23-16(4)27/h5-12H,1-4H3,(H,23,27)(H2,22,24,25,26). The minimum absolute atomic E-state index is 0.107. The van der Waals surface area contributed by atoms with Crippen molar-refractivity contribution in [2.24, 2.45) is 0 Å². The van der Waals surface area contributed by atoms with E-state index in [1.807, 2.05) is 43.3 Å². The number of carbonyl (C=O) groups excluding carboxylic acids is 1. The zero-order chi connectivity index (χ0) is 19.4. The van der Waals surface area contributed by atoms with Gasteiger partial charge in [0.2, 0.25) is 11.9 Å². The number of rotatable bonds is 5. The second-order valence-corrected chi connectivity index (χ2v) is 6.53. The predicted octanol–water partition coefficient (Wildman–Crippen LogP) is 4.85. The van der Waals surface area contributed by atoms with Crippen LogP contribution in [0, 0.1) is 20.8 Å². The predicted molar refractivity (Wildman–Crippen MR) is 110 cm³/mol. The molecule has 3 rings (SSSR count). The molecular formula is C21H23N5O. The van der Waals surface area contributed by atoms with Gasteiger partial charge in [0.05, 0.1) is 0 Å². The normalized spacial score (nSPS) is 10.4. The van der Waals surface area contributed by atoms with Gasteiger partial charge in [-0.2, -0.15) is 4.98 Å². The molecule has 0 unspecified atom stereocenters. The lowest BCUT2D eigenvalue weighted by Gasteiger charge is -2.12. The van der Waals surface area contributed by atoms with E-state index in [1.165, 1.54) is 18.1 Å². The minimum Gasteiger partial charge on any atom is -0.340 e. The molecule has 0 atom stereocenters. The monoisotopic (exact) mass is 361 g/mol. The summed E-state index contributed by atoms with van der Waals surface area (Å²) in [4.78, 5) is 20.2. The quantitative estimate of drug-likeness (QED) is 0.605. The number of hydrogen-bond acceptors (Lipinski definition) is 5. The van der Waals surface area contributed by atoms with E-state index in [4.69, 9.17) is 0 Å². The van der Waals surface area contributed by atoms with Crippen molar-refractivity contribution in [1.82, 2.24) is 9.97 Å². The fourth-order valence-corrected chi connectivity index (χ4v) is 2.66. The van der Waals surface area contributed by atoms with Gasteiger partial charge in [0, 0.05) is 35.7 Å². The lowest BCUT2D eigenvalue weighted by molar-refractivity contribution is -0.114. The molecule has 3 N–H and O–H groups in total. The maximum absolute atomic E-state index is 11.2. The summed E-state index contributed by atoms with van der Waals surface area (Å²) in [6.45, 7) is 7.57. The molecule has 0 aliphatic carbocycles. The van der Waals surface area contributed by atoms with Gasteiger partial charge in [0.1, 0.15) is 5.82 Å². The molecule has 0 fully saturated rings. The van der Waals surface area contributed by atoms with Crippen molar-refractivity contribution in [1.29, 1.82) is 0 Å². The van der Waals surface area contributed by atoms with Crippen molar-refractivity contribution < 1.29 is 4.79 Å². The SMILES string of the molecule is CC(=O)Nc1cccc(Nc2cc(C)nc(Nc3ccc(C)c(C)c3)n2)c1. The summed E-state index contributed by atoms with van der Waals surface area (Å²) in [5.74, 6) is 1.09. The first-order valence-electron chi connectivity index (χ1n) is 8.74. The molecule has 6 nitrogen and oxygen atoms in total. The van der Waals surface area contributed by atoms with Crippen LogP contribution in [0.2, 0.25) is 0 Å². The molecule has 0 spiro atoms. The Labute approximate surface area is 159 Å². The molecule has 0 radical (unpaired) electrons. The third kappa shape index (κ3) is 5.04. The van der Waals surface area contributed by atoms with Crippen LogP contribution in [0.4, 0.5) is 28.8 Å². The van der Waals surface area contributed by atoms with Gasteiger partial charge in [-0.05, 0) is 62.2 Å². The van der Waals surface area contributed by atoms with Crippen molar-refractivity contribution in [2.75, 3.05) is 16.0 Å². The Kier molecular flexibility index (Phi) is 5.35. The van der Waals surface area contributed by atoms with Crippen molar-refractivity contribution >= 4 is 34.7 Å². The Morgan fingerprint density at radius 1 is 0.815 bits per heavy atom. The van der Waals surface area contributed by atoms with Gasteiger partial charge in [-0.15, -0.1) is 0 Å². The van der Waals surface area contributed by atoms with E-state index in [0.29, 0.717) is 11.8 Å². The summed E-state index contributed by atoms with van der Waals surface area (Å²) in [5, 5.41) is 9.29. The zero-order valence-corrected chi connectivity index (χ0v) is 15.9. The van der Waals surface area contributed by atoms with Gasteiger partial charge in [0.25, 0.3) is 0 Å². The summed E-state index contributed by atoms with van der Waals surface area (Å²) >= 11 is 0. The molecule has 1 aromatic heterocycles. The number of benzene rings is 2. The van der Waals surface area contributed by atoms with Gasteiger partial charge < -0.3 is 16.0 Å². The Bertz CT molecular complexity index is 984. The molecule has 1 amide bonds. The van der Waals surface area contributed by atoms with Crippen LogP contribution < -0.4 is 16.0 Å². The van der Waals surface area contributed by atoms with Gasteiger partial charge in [-0.1, -0.05) is 12.1 Å². The molecule has 0 saturated carbocycles. The molecule has 0 aliphatic heterocycles. The average Bonchev–Trinajstić information content (AvgIpc) is 2.57. The average molecular weight is 361 g/mol. The van der Waals surface area contributed by atoms with Crippen LogP contribution in [0.3, 0.4) is 0 Å². The molecule has 6 heteroatoms. The molecule has 1 heterocycles. The fraction of sp³-hybridized carbons (Fsp3) is 0.190. The Balaban J connectivity index is 1.81. The van der Waals surface area contributed by atoms with Crippen molar-refractivity contribution in [3.8, 4) is 0 Å². The number of nitrogens with zero attached hydrogens (tertiary/aromatic N) is 2. The molecule has 0 saturated heterocycles. The topological polar surface area (TPSA) is 78.9 Å². The summed E-state index contributed by atoms with van der Waals surface area (Å²) in [5.41, 5.74) is 5.80. The largest absolute Gasteiger partial charge is 0.340 e. The van der Waals surface area contributed by atoms with Gasteiger partial charge in [-0.25, -0.2) is 4.98 Å². The third-order valence-corrected chi connectivity index (χ3v) is 4.07. The van der Waals surface area contributed by atoms with Crippen LogP contribution in [0.15, 0.2) is 48.5 Å². The maximum Gasteiger partial charge on any atom is 0.229 e. The van der Waals surface area contributed by atoms with Crippen LogP contribution in [0.1, 0.15) is 23.7 Å². The van der Waals surface area contributed by atoms with E-state index >= 15 is 0 Å². The highest BCUT2D eigenvalue weighted by molar-refractivity contribution is 5.89. The molecule has 138 valence electrons. The second kappa shape index (κ2) is 7.86. The number of hydrogen-bond donors (Lipinski definition) is 3. The first-order chi connectivity index (χ1) is 12.9. The molecule has 2 aromatic carbocycles. The van der Waals surface area contributed by atoms with Crippen LogP contribution in [-0.4, -0.2) is 15.9 Å². The highest BCUT2D eigenvalue weighted by atomic mass is 16.1. The van der Waals surface area contributed by atoms with Crippen LogP contribution in [-0.2, 0) is 4.79 Å². The van der Waals surface area contributed by atoms with Crippen LogP contribution in [0.5, 0.6) is 0 Å². The van der Waals surface area contributed by atoms with E-state index in [0.717, 1.165) is 22.8 Å². The van der Waals surface area contributed by atoms with Crippen LogP contribution >= 0.6 is 0 Å². The first kappa shape index (κ1) is 18.4. The maximum atomic E-state index is 11.2.